The zero-order valence-electron chi connectivity index (χ0n) is 15.5. The van der Waals surface area contributed by atoms with Crippen LogP contribution in [0.2, 0.25) is 0 Å². The smallest absolute Gasteiger partial charge is 0.261 e. The maximum absolute atomic E-state index is 12.4. The summed E-state index contributed by atoms with van der Waals surface area (Å²) in [4.78, 5) is 13.0. The van der Waals surface area contributed by atoms with Gasteiger partial charge >= 0.3 is 0 Å². The second-order valence-corrected chi connectivity index (χ2v) is 7.35. The van der Waals surface area contributed by atoms with Gasteiger partial charge in [-0.3, -0.25) is 9.48 Å². The Balaban J connectivity index is 1.57. The molecule has 1 amide bonds. The van der Waals surface area contributed by atoms with Crippen molar-refractivity contribution in [2.45, 2.75) is 33.9 Å². The van der Waals surface area contributed by atoms with Gasteiger partial charge in [0.2, 0.25) is 0 Å². The molecule has 0 saturated heterocycles. The van der Waals surface area contributed by atoms with E-state index in [1.54, 1.807) is 10.9 Å². The fourth-order valence-corrected chi connectivity index (χ4v) is 3.39. The zero-order valence-corrected chi connectivity index (χ0v) is 16.3. The van der Waals surface area contributed by atoms with E-state index in [0.717, 1.165) is 28.1 Å². The molecule has 0 saturated carbocycles. The maximum atomic E-state index is 12.4. The van der Waals surface area contributed by atoms with Gasteiger partial charge in [-0.15, -0.1) is 11.3 Å². The number of aryl methyl sites for hydroxylation is 3. The Bertz CT molecular complexity index is 927. The van der Waals surface area contributed by atoms with Crippen molar-refractivity contribution < 1.29 is 9.53 Å². The lowest BCUT2D eigenvalue weighted by Crippen LogP contribution is -2.22. The highest BCUT2D eigenvalue weighted by molar-refractivity contribution is 7.12. The Kier molecular flexibility index (Phi) is 5.42. The molecule has 2 heterocycles. The van der Waals surface area contributed by atoms with E-state index < -0.39 is 0 Å². The monoisotopic (exact) mass is 369 g/mol. The number of amides is 1. The maximum Gasteiger partial charge on any atom is 0.261 e. The lowest BCUT2D eigenvalue weighted by atomic mass is 10.1. The van der Waals surface area contributed by atoms with E-state index in [0.29, 0.717) is 18.0 Å². The van der Waals surface area contributed by atoms with Gasteiger partial charge in [-0.05, 0) is 49.4 Å². The Hall–Kier alpha value is -2.60. The van der Waals surface area contributed by atoms with Gasteiger partial charge < -0.3 is 10.1 Å². The van der Waals surface area contributed by atoms with E-state index in [-0.39, 0.29) is 5.91 Å². The molecule has 3 rings (SSSR count). The molecule has 2 aromatic heterocycles. The van der Waals surface area contributed by atoms with Gasteiger partial charge in [0, 0.05) is 30.4 Å². The minimum atomic E-state index is -0.0729. The number of nitrogens with one attached hydrogen (secondary N) is 1. The standard InChI is InChI=1S/C20H23N3O2S/c1-13-5-6-14(2)18(7-13)25-11-16-8-19(26-12-16)20(24)21-9-17-10-22-23(4)15(17)3/h5-8,10,12H,9,11H2,1-4H3,(H,21,24). The zero-order chi connectivity index (χ0) is 18.7. The summed E-state index contributed by atoms with van der Waals surface area (Å²) < 4.78 is 7.71. The molecule has 0 fully saturated rings. The predicted molar refractivity (Wildman–Crippen MR) is 104 cm³/mol. The summed E-state index contributed by atoms with van der Waals surface area (Å²) in [6, 6.07) is 8.05. The second-order valence-electron chi connectivity index (χ2n) is 6.44. The molecule has 0 bridgehead atoms. The van der Waals surface area contributed by atoms with Crippen molar-refractivity contribution in [3.63, 3.8) is 0 Å². The van der Waals surface area contributed by atoms with E-state index in [9.17, 15) is 4.79 Å². The molecule has 0 aliphatic carbocycles. The Morgan fingerprint density at radius 3 is 2.81 bits per heavy atom. The van der Waals surface area contributed by atoms with Crippen molar-refractivity contribution in [1.29, 1.82) is 0 Å². The topological polar surface area (TPSA) is 56.1 Å². The number of nitrogens with zero attached hydrogens (tertiary/aromatic N) is 2. The highest BCUT2D eigenvalue weighted by Crippen LogP contribution is 2.22. The van der Waals surface area contributed by atoms with Crippen molar-refractivity contribution in [3.8, 4) is 5.75 Å². The average molecular weight is 369 g/mol. The van der Waals surface area contributed by atoms with Crippen LogP contribution < -0.4 is 10.1 Å². The van der Waals surface area contributed by atoms with Crippen LogP contribution in [0, 0.1) is 20.8 Å². The van der Waals surface area contributed by atoms with E-state index in [4.69, 9.17) is 4.74 Å². The number of hydrogen-bond donors (Lipinski definition) is 1. The van der Waals surface area contributed by atoms with Crippen LogP contribution >= 0.6 is 11.3 Å². The Labute approximate surface area is 157 Å². The second kappa shape index (κ2) is 7.74. The number of carbonyl (C=O) groups excluding carboxylic acids is 1. The van der Waals surface area contributed by atoms with Gasteiger partial charge in [-0.2, -0.15) is 5.10 Å². The number of carbonyl (C=O) groups is 1. The molecule has 1 aromatic carbocycles. The largest absolute Gasteiger partial charge is 0.489 e. The number of thiophene rings is 1. The van der Waals surface area contributed by atoms with Gasteiger partial charge in [-0.1, -0.05) is 12.1 Å². The Morgan fingerprint density at radius 2 is 2.08 bits per heavy atom. The minimum Gasteiger partial charge on any atom is -0.489 e. The first-order chi connectivity index (χ1) is 12.4. The fraction of sp³-hybridized carbons (Fsp3) is 0.300. The van der Waals surface area contributed by atoms with Crippen LogP contribution in [-0.4, -0.2) is 15.7 Å². The Morgan fingerprint density at radius 1 is 1.27 bits per heavy atom. The van der Waals surface area contributed by atoms with E-state index in [1.165, 1.54) is 16.9 Å². The quantitative estimate of drug-likeness (QED) is 0.717. The van der Waals surface area contributed by atoms with Gasteiger partial charge in [0.25, 0.3) is 5.91 Å². The van der Waals surface area contributed by atoms with E-state index in [2.05, 4.69) is 22.5 Å². The normalized spacial score (nSPS) is 10.8. The number of benzene rings is 1. The molecular formula is C20H23N3O2S. The van der Waals surface area contributed by atoms with Crippen molar-refractivity contribution in [1.82, 2.24) is 15.1 Å². The molecular weight excluding hydrogens is 346 g/mol. The summed E-state index contributed by atoms with van der Waals surface area (Å²) in [5.41, 5.74) is 5.35. The summed E-state index contributed by atoms with van der Waals surface area (Å²) in [6.07, 6.45) is 1.79. The van der Waals surface area contributed by atoms with Gasteiger partial charge in [0.05, 0.1) is 11.1 Å². The predicted octanol–water partition coefficient (Wildman–Crippen LogP) is 3.92. The van der Waals surface area contributed by atoms with Crippen LogP contribution in [0.5, 0.6) is 5.75 Å². The molecule has 0 aliphatic heterocycles. The highest BCUT2D eigenvalue weighted by atomic mass is 32.1. The summed E-state index contributed by atoms with van der Waals surface area (Å²) in [6.45, 7) is 6.99. The molecule has 1 N–H and O–H groups in total. The van der Waals surface area contributed by atoms with Crippen LogP contribution in [0.25, 0.3) is 0 Å². The van der Waals surface area contributed by atoms with Crippen molar-refractivity contribution in [2.75, 3.05) is 0 Å². The molecule has 26 heavy (non-hydrogen) atoms. The van der Waals surface area contributed by atoms with Crippen molar-refractivity contribution in [3.05, 3.63) is 68.7 Å². The first-order valence-corrected chi connectivity index (χ1v) is 9.35. The fourth-order valence-electron chi connectivity index (χ4n) is 2.57. The number of aromatic nitrogens is 2. The van der Waals surface area contributed by atoms with Crippen molar-refractivity contribution in [2.24, 2.45) is 7.05 Å². The van der Waals surface area contributed by atoms with E-state index >= 15 is 0 Å². The average Bonchev–Trinajstić information content (AvgIpc) is 3.22. The van der Waals surface area contributed by atoms with Gasteiger partial charge in [0.15, 0.2) is 0 Å². The molecule has 136 valence electrons. The minimum absolute atomic E-state index is 0.0729. The third-order valence-corrected chi connectivity index (χ3v) is 5.37. The SMILES string of the molecule is Cc1ccc(C)c(OCc2csc(C(=O)NCc3cnn(C)c3C)c2)c1. The van der Waals surface area contributed by atoms with Crippen LogP contribution in [0.4, 0.5) is 0 Å². The van der Waals surface area contributed by atoms with Crippen LogP contribution in [-0.2, 0) is 20.2 Å². The molecule has 6 heteroatoms. The lowest BCUT2D eigenvalue weighted by molar-refractivity contribution is 0.0955. The van der Waals surface area contributed by atoms with Crippen LogP contribution in [0.3, 0.4) is 0 Å². The summed E-state index contributed by atoms with van der Waals surface area (Å²) in [5, 5.41) is 9.11. The molecule has 3 aromatic rings. The molecule has 0 atom stereocenters. The third kappa shape index (κ3) is 4.14. The lowest BCUT2D eigenvalue weighted by Gasteiger charge is -2.09. The van der Waals surface area contributed by atoms with Crippen LogP contribution in [0.15, 0.2) is 35.8 Å². The van der Waals surface area contributed by atoms with Crippen LogP contribution in [0.1, 0.15) is 37.6 Å². The molecule has 0 unspecified atom stereocenters. The molecule has 5 nitrogen and oxygen atoms in total. The first-order valence-electron chi connectivity index (χ1n) is 8.47. The summed E-state index contributed by atoms with van der Waals surface area (Å²) >= 11 is 1.43. The van der Waals surface area contributed by atoms with Crippen molar-refractivity contribution >= 4 is 17.2 Å². The number of ether oxygens (including phenoxy) is 1. The van der Waals surface area contributed by atoms with Gasteiger partial charge in [0.1, 0.15) is 12.4 Å². The number of hydrogen-bond acceptors (Lipinski definition) is 4. The molecule has 0 aliphatic rings. The van der Waals surface area contributed by atoms with Gasteiger partial charge in [-0.25, -0.2) is 0 Å². The number of rotatable bonds is 6. The first kappa shape index (κ1) is 18.2. The molecule has 0 spiro atoms. The third-order valence-electron chi connectivity index (χ3n) is 4.39. The molecule has 0 radical (unpaired) electrons. The highest BCUT2D eigenvalue weighted by Gasteiger charge is 2.11. The van der Waals surface area contributed by atoms with E-state index in [1.807, 2.05) is 45.3 Å². The summed E-state index contributed by atoms with van der Waals surface area (Å²) in [7, 11) is 1.89. The summed E-state index contributed by atoms with van der Waals surface area (Å²) in [5.74, 6) is 0.811.